The van der Waals surface area contributed by atoms with Crippen molar-refractivity contribution in [1.29, 1.82) is 0 Å². The molecule has 0 aliphatic heterocycles. The molecule has 20 heavy (non-hydrogen) atoms. The summed E-state index contributed by atoms with van der Waals surface area (Å²) in [7, 11) is 0. The largest absolute Gasteiger partial charge is 0.369 e. The molecule has 1 aromatic carbocycles. The summed E-state index contributed by atoms with van der Waals surface area (Å²) in [6.45, 7) is 2.09. The Kier molecular flexibility index (Phi) is 3.52. The van der Waals surface area contributed by atoms with Crippen LogP contribution in [0.15, 0.2) is 34.1 Å². The first-order valence-electron chi connectivity index (χ1n) is 6.21. The highest BCUT2D eigenvalue weighted by Gasteiger charge is 2.16. The Morgan fingerprint density at radius 3 is 3.00 bits per heavy atom. The molecule has 0 amide bonds. The Hall–Kier alpha value is -1.40. The second kappa shape index (κ2) is 5.18. The van der Waals surface area contributed by atoms with Crippen LogP contribution in [0.1, 0.15) is 17.8 Å². The van der Waals surface area contributed by atoms with Crippen molar-refractivity contribution >= 4 is 44.2 Å². The van der Waals surface area contributed by atoms with Gasteiger partial charge in [-0.2, -0.15) is 0 Å². The van der Waals surface area contributed by atoms with E-state index >= 15 is 0 Å². The summed E-state index contributed by atoms with van der Waals surface area (Å²) in [6, 6.07) is 7.44. The predicted molar refractivity (Wildman–Crippen MR) is 84.5 cm³/mol. The fourth-order valence-corrected chi connectivity index (χ4v) is 3.54. The van der Waals surface area contributed by atoms with E-state index in [1.807, 2.05) is 10.6 Å². The maximum atomic E-state index is 13.6. The number of nitrogens with two attached hydrogens (primary N) is 1. The van der Waals surface area contributed by atoms with Gasteiger partial charge in [0.2, 0.25) is 5.95 Å². The van der Waals surface area contributed by atoms with E-state index in [4.69, 9.17) is 5.73 Å². The van der Waals surface area contributed by atoms with Gasteiger partial charge < -0.3 is 10.3 Å². The van der Waals surface area contributed by atoms with Gasteiger partial charge in [0.1, 0.15) is 5.82 Å². The van der Waals surface area contributed by atoms with Gasteiger partial charge in [-0.15, -0.1) is 11.3 Å². The first-order valence-corrected chi connectivity index (χ1v) is 7.88. The SMILES string of the molecule is CC(Cc1cccs1)n1c(N)nc2cc(F)c(Br)cc21. The molecule has 1 atom stereocenters. The summed E-state index contributed by atoms with van der Waals surface area (Å²) in [4.78, 5) is 5.54. The molecule has 1 unspecified atom stereocenters. The molecule has 0 bridgehead atoms. The van der Waals surface area contributed by atoms with Crippen LogP contribution in [0.2, 0.25) is 0 Å². The van der Waals surface area contributed by atoms with Gasteiger partial charge in [0.15, 0.2) is 0 Å². The highest BCUT2D eigenvalue weighted by molar-refractivity contribution is 9.10. The van der Waals surface area contributed by atoms with E-state index in [-0.39, 0.29) is 11.9 Å². The number of aromatic nitrogens is 2. The zero-order valence-corrected chi connectivity index (χ0v) is 13.2. The van der Waals surface area contributed by atoms with Crippen LogP contribution in [0.25, 0.3) is 11.0 Å². The molecule has 2 aromatic heterocycles. The number of rotatable bonds is 3. The van der Waals surface area contributed by atoms with Crippen LogP contribution in [0.4, 0.5) is 10.3 Å². The summed E-state index contributed by atoms with van der Waals surface area (Å²) in [5, 5.41) is 2.06. The third-order valence-corrected chi connectivity index (χ3v) is 4.78. The summed E-state index contributed by atoms with van der Waals surface area (Å²) >= 11 is 4.94. The molecule has 3 aromatic rings. The third-order valence-electron chi connectivity index (χ3n) is 3.28. The molecule has 2 N–H and O–H groups in total. The molecule has 3 nitrogen and oxygen atoms in total. The van der Waals surface area contributed by atoms with Crippen molar-refractivity contribution in [3.63, 3.8) is 0 Å². The molecular weight excluding hydrogens is 341 g/mol. The molecule has 0 radical (unpaired) electrons. The Morgan fingerprint density at radius 1 is 1.50 bits per heavy atom. The zero-order valence-electron chi connectivity index (χ0n) is 10.8. The fourth-order valence-electron chi connectivity index (χ4n) is 2.38. The first kappa shape index (κ1) is 13.6. The molecule has 0 aliphatic carbocycles. The van der Waals surface area contributed by atoms with Crippen LogP contribution < -0.4 is 5.73 Å². The van der Waals surface area contributed by atoms with Crippen molar-refractivity contribution in [2.45, 2.75) is 19.4 Å². The van der Waals surface area contributed by atoms with E-state index in [1.165, 1.54) is 10.9 Å². The highest BCUT2D eigenvalue weighted by atomic mass is 79.9. The van der Waals surface area contributed by atoms with Crippen LogP contribution in [-0.4, -0.2) is 9.55 Å². The van der Waals surface area contributed by atoms with Crippen molar-refractivity contribution in [2.75, 3.05) is 5.73 Å². The maximum absolute atomic E-state index is 13.6. The Balaban J connectivity index is 2.06. The van der Waals surface area contributed by atoms with Crippen LogP contribution in [0, 0.1) is 5.82 Å². The summed E-state index contributed by atoms with van der Waals surface area (Å²) < 4.78 is 15.9. The predicted octanol–water partition coefficient (Wildman–Crippen LogP) is 4.39. The number of halogens is 2. The van der Waals surface area contributed by atoms with Gasteiger partial charge in [0, 0.05) is 23.4 Å². The number of hydrogen-bond donors (Lipinski definition) is 1. The Labute approximate surface area is 128 Å². The average Bonchev–Trinajstić information content (AvgIpc) is 2.97. The molecule has 0 saturated carbocycles. The molecule has 2 heterocycles. The van der Waals surface area contributed by atoms with Crippen LogP contribution >= 0.6 is 27.3 Å². The van der Waals surface area contributed by atoms with Crippen molar-refractivity contribution in [2.24, 2.45) is 0 Å². The van der Waals surface area contributed by atoms with E-state index in [2.05, 4.69) is 39.3 Å². The minimum absolute atomic E-state index is 0.163. The molecular formula is C14H13BrFN3S. The fraction of sp³-hybridized carbons (Fsp3) is 0.214. The average molecular weight is 354 g/mol. The number of hydrogen-bond acceptors (Lipinski definition) is 3. The third kappa shape index (κ3) is 2.33. The second-order valence-corrected chi connectivity index (χ2v) is 6.61. The molecule has 0 spiro atoms. The van der Waals surface area contributed by atoms with Crippen molar-refractivity contribution in [3.8, 4) is 0 Å². The van der Waals surface area contributed by atoms with Crippen molar-refractivity contribution in [1.82, 2.24) is 9.55 Å². The number of nitrogen functional groups attached to an aromatic ring is 1. The standard InChI is InChI=1S/C14H13BrFN3S/c1-8(5-9-3-2-4-20-9)19-13-6-10(15)11(16)7-12(13)18-14(19)17/h2-4,6-8H,5H2,1H3,(H2,17,18). The lowest BCUT2D eigenvalue weighted by Gasteiger charge is -2.15. The molecule has 6 heteroatoms. The van der Waals surface area contributed by atoms with Gasteiger partial charge in [-0.05, 0) is 40.4 Å². The number of anilines is 1. The quantitative estimate of drug-likeness (QED) is 0.758. The summed E-state index contributed by atoms with van der Waals surface area (Å²) in [6.07, 6.45) is 0.877. The first-order chi connectivity index (χ1) is 9.56. The summed E-state index contributed by atoms with van der Waals surface area (Å²) in [5.74, 6) is 0.0922. The summed E-state index contributed by atoms with van der Waals surface area (Å²) in [5.41, 5.74) is 7.43. The minimum atomic E-state index is -0.326. The monoisotopic (exact) mass is 353 g/mol. The smallest absolute Gasteiger partial charge is 0.201 e. The maximum Gasteiger partial charge on any atom is 0.201 e. The minimum Gasteiger partial charge on any atom is -0.369 e. The molecule has 104 valence electrons. The van der Waals surface area contributed by atoms with Crippen LogP contribution in [0.3, 0.4) is 0 Å². The Morgan fingerprint density at radius 2 is 2.30 bits per heavy atom. The number of nitrogens with zero attached hydrogens (tertiary/aromatic N) is 2. The van der Waals surface area contributed by atoms with Gasteiger partial charge in [-0.3, -0.25) is 0 Å². The number of benzene rings is 1. The highest BCUT2D eigenvalue weighted by Crippen LogP contribution is 2.29. The van der Waals surface area contributed by atoms with Gasteiger partial charge in [0.05, 0.1) is 15.5 Å². The van der Waals surface area contributed by atoms with E-state index in [0.717, 1.165) is 11.9 Å². The van der Waals surface area contributed by atoms with Crippen LogP contribution in [0.5, 0.6) is 0 Å². The second-order valence-electron chi connectivity index (χ2n) is 4.73. The molecule has 0 aliphatic rings. The number of fused-ring (bicyclic) bond motifs is 1. The van der Waals surface area contributed by atoms with E-state index in [9.17, 15) is 4.39 Å². The Bertz CT molecular complexity index is 751. The number of imidazole rings is 1. The number of thiophene rings is 1. The lowest BCUT2D eigenvalue weighted by molar-refractivity contribution is 0.570. The topological polar surface area (TPSA) is 43.8 Å². The van der Waals surface area contributed by atoms with Gasteiger partial charge in [-0.1, -0.05) is 6.07 Å². The molecule has 3 rings (SSSR count). The van der Waals surface area contributed by atoms with Gasteiger partial charge >= 0.3 is 0 Å². The van der Waals surface area contributed by atoms with Gasteiger partial charge in [-0.25, -0.2) is 9.37 Å². The van der Waals surface area contributed by atoms with Crippen LogP contribution in [-0.2, 0) is 6.42 Å². The van der Waals surface area contributed by atoms with E-state index in [1.54, 1.807) is 17.4 Å². The van der Waals surface area contributed by atoms with Crippen molar-refractivity contribution < 1.29 is 4.39 Å². The molecule has 0 saturated heterocycles. The lowest BCUT2D eigenvalue weighted by atomic mass is 10.2. The van der Waals surface area contributed by atoms with E-state index in [0.29, 0.717) is 15.9 Å². The molecule has 0 fully saturated rings. The normalized spacial score (nSPS) is 12.9. The zero-order chi connectivity index (χ0) is 14.3. The van der Waals surface area contributed by atoms with E-state index < -0.39 is 0 Å². The lowest BCUT2D eigenvalue weighted by Crippen LogP contribution is -2.10. The van der Waals surface area contributed by atoms with Gasteiger partial charge in [0.25, 0.3) is 0 Å². The van der Waals surface area contributed by atoms with Crippen molar-refractivity contribution in [3.05, 3.63) is 44.8 Å².